The molecular weight excluding hydrogens is 446 g/mol. The molecule has 6 rings (SSSR count). The van der Waals surface area contributed by atoms with Gasteiger partial charge in [0.1, 0.15) is 11.5 Å². The van der Waals surface area contributed by atoms with Gasteiger partial charge in [-0.05, 0) is 42.0 Å². The molecule has 0 radical (unpaired) electrons. The smallest absolute Gasteiger partial charge is 0.335 e. The molecule has 1 N–H and O–H groups in total. The summed E-state index contributed by atoms with van der Waals surface area (Å²) in [7, 11) is 1.95. The maximum absolute atomic E-state index is 13.3. The Morgan fingerprint density at radius 3 is 2.57 bits per heavy atom. The van der Waals surface area contributed by atoms with Gasteiger partial charge in [0.05, 0.1) is 17.5 Å². The molecule has 172 valence electrons. The third kappa shape index (κ3) is 3.32. The molecule has 7 nitrogen and oxygen atoms in total. The van der Waals surface area contributed by atoms with Crippen LogP contribution in [0.5, 0.6) is 11.5 Å². The van der Waals surface area contributed by atoms with E-state index in [4.69, 9.17) is 9.47 Å². The third-order valence-electron chi connectivity index (χ3n) is 6.55. The van der Waals surface area contributed by atoms with Crippen molar-refractivity contribution in [1.82, 2.24) is 4.57 Å². The second-order valence-electron chi connectivity index (χ2n) is 8.66. The number of ketones is 1. The standard InChI is InChI=1S/C28H19NO6/c1-29-14-17(18-4-2-3-5-21(18)29)12-23-26(31)19-10-11-22-25(27(19)35-23)20(13-24(30)34-22)15-6-8-16(9-7-15)28(32)33/h2-12,14,20H,13H2,1H3,(H,32,33)/b23-12-. The monoisotopic (exact) mass is 465 g/mol. The lowest BCUT2D eigenvalue weighted by Crippen LogP contribution is -2.21. The van der Waals surface area contributed by atoms with Crippen LogP contribution in [0.15, 0.2) is 72.6 Å². The maximum Gasteiger partial charge on any atom is 0.335 e. The van der Waals surface area contributed by atoms with E-state index in [1.165, 1.54) is 12.1 Å². The Labute approximate surface area is 199 Å². The molecule has 4 aromatic rings. The number of esters is 1. The van der Waals surface area contributed by atoms with E-state index >= 15 is 0 Å². The fourth-order valence-corrected chi connectivity index (χ4v) is 4.88. The van der Waals surface area contributed by atoms with E-state index in [1.807, 2.05) is 42.1 Å². The van der Waals surface area contributed by atoms with Crippen LogP contribution in [0.25, 0.3) is 17.0 Å². The number of aryl methyl sites for hydroxylation is 1. The zero-order valence-corrected chi connectivity index (χ0v) is 18.6. The van der Waals surface area contributed by atoms with Crippen LogP contribution in [0.1, 0.15) is 49.7 Å². The average Bonchev–Trinajstić information content (AvgIpc) is 3.35. The molecule has 0 bridgehead atoms. The maximum atomic E-state index is 13.3. The van der Waals surface area contributed by atoms with Gasteiger partial charge in [-0.2, -0.15) is 0 Å². The molecule has 3 aromatic carbocycles. The quantitative estimate of drug-likeness (QED) is 0.262. The van der Waals surface area contributed by atoms with Crippen LogP contribution in [0, 0.1) is 0 Å². The predicted molar refractivity (Wildman–Crippen MR) is 128 cm³/mol. The first kappa shape index (κ1) is 20.9. The highest BCUT2D eigenvalue weighted by Crippen LogP contribution is 2.49. The lowest BCUT2D eigenvalue weighted by atomic mass is 9.84. The number of benzene rings is 3. The molecule has 0 saturated heterocycles. The van der Waals surface area contributed by atoms with Gasteiger partial charge in [0.25, 0.3) is 0 Å². The first-order valence-corrected chi connectivity index (χ1v) is 11.1. The highest BCUT2D eigenvalue weighted by atomic mass is 16.5. The van der Waals surface area contributed by atoms with Gasteiger partial charge in [0.2, 0.25) is 5.78 Å². The number of aromatic nitrogens is 1. The molecule has 2 aliphatic heterocycles. The number of ether oxygens (including phenoxy) is 2. The van der Waals surface area contributed by atoms with Crippen molar-refractivity contribution in [2.45, 2.75) is 12.3 Å². The van der Waals surface area contributed by atoms with Crippen LogP contribution in [0.3, 0.4) is 0 Å². The van der Waals surface area contributed by atoms with Gasteiger partial charge in [0, 0.05) is 41.2 Å². The van der Waals surface area contributed by atoms with E-state index < -0.39 is 17.9 Å². The lowest BCUT2D eigenvalue weighted by molar-refractivity contribution is -0.135. The fraction of sp³-hybridized carbons (Fsp3) is 0.107. The lowest BCUT2D eigenvalue weighted by Gasteiger charge is -2.26. The fourth-order valence-electron chi connectivity index (χ4n) is 4.88. The second kappa shape index (κ2) is 7.70. The predicted octanol–water partition coefficient (Wildman–Crippen LogP) is 4.93. The summed E-state index contributed by atoms with van der Waals surface area (Å²) in [6.07, 6.45) is 3.74. The first-order chi connectivity index (χ1) is 16.9. The van der Waals surface area contributed by atoms with E-state index in [2.05, 4.69) is 0 Å². The van der Waals surface area contributed by atoms with E-state index in [0.717, 1.165) is 22.0 Å². The largest absolute Gasteiger partial charge is 0.478 e. The number of Topliss-reactive ketones (excluding diaryl/α,β-unsaturated/α-hetero) is 1. The van der Waals surface area contributed by atoms with Gasteiger partial charge in [0.15, 0.2) is 5.76 Å². The molecule has 0 fully saturated rings. The second-order valence-corrected chi connectivity index (χ2v) is 8.66. The minimum absolute atomic E-state index is 0.0514. The van der Waals surface area contributed by atoms with Crippen LogP contribution in [0.2, 0.25) is 0 Å². The van der Waals surface area contributed by atoms with E-state index in [9.17, 15) is 19.5 Å². The number of carboxylic acids is 1. The Balaban J connectivity index is 1.45. The number of para-hydroxylation sites is 1. The topological polar surface area (TPSA) is 94.8 Å². The minimum atomic E-state index is -1.03. The summed E-state index contributed by atoms with van der Waals surface area (Å²) in [6, 6.07) is 17.5. The Morgan fingerprint density at radius 1 is 1.03 bits per heavy atom. The van der Waals surface area contributed by atoms with Gasteiger partial charge in [-0.25, -0.2) is 4.79 Å². The van der Waals surface area contributed by atoms with Crippen molar-refractivity contribution >= 4 is 34.7 Å². The summed E-state index contributed by atoms with van der Waals surface area (Å²) in [5.41, 5.74) is 3.80. The molecule has 1 unspecified atom stereocenters. The zero-order valence-electron chi connectivity index (χ0n) is 18.6. The number of fused-ring (bicyclic) bond motifs is 4. The van der Waals surface area contributed by atoms with Crippen LogP contribution in [-0.4, -0.2) is 27.4 Å². The summed E-state index contributed by atoms with van der Waals surface area (Å²) in [5, 5.41) is 10.2. The molecular formula is C28H19NO6. The molecule has 7 heteroatoms. The highest BCUT2D eigenvalue weighted by Gasteiger charge is 2.38. The van der Waals surface area contributed by atoms with Crippen LogP contribution < -0.4 is 9.47 Å². The summed E-state index contributed by atoms with van der Waals surface area (Å²) >= 11 is 0. The number of hydrogen-bond donors (Lipinski definition) is 1. The van der Waals surface area contributed by atoms with Gasteiger partial charge < -0.3 is 19.1 Å². The van der Waals surface area contributed by atoms with Gasteiger partial charge in [-0.3, -0.25) is 9.59 Å². The Morgan fingerprint density at radius 2 is 1.80 bits per heavy atom. The minimum Gasteiger partial charge on any atom is -0.478 e. The number of rotatable bonds is 3. The molecule has 35 heavy (non-hydrogen) atoms. The van der Waals surface area contributed by atoms with Crippen LogP contribution in [-0.2, 0) is 11.8 Å². The van der Waals surface area contributed by atoms with Crippen molar-refractivity contribution in [2.24, 2.45) is 7.05 Å². The number of carbonyl (C=O) groups is 3. The summed E-state index contributed by atoms with van der Waals surface area (Å²) in [4.78, 5) is 36.9. The SMILES string of the molecule is Cn1cc(/C=C2\Oc3c(ccc4c3C(c3ccc(C(=O)O)cc3)CC(=O)O4)C2=O)c2ccccc21. The third-order valence-corrected chi connectivity index (χ3v) is 6.55. The van der Waals surface area contributed by atoms with E-state index in [1.54, 1.807) is 30.3 Å². The summed E-state index contributed by atoms with van der Waals surface area (Å²) in [5.74, 6) is -1.20. The molecule has 0 spiro atoms. The average molecular weight is 465 g/mol. The van der Waals surface area contributed by atoms with Crippen LogP contribution in [0.4, 0.5) is 0 Å². The molecule has 3 heterocycles. The zero-order chi connectivity index (χ0) is 24.3. The molecule has 1 atom stereocenters. The molecule has 0 aliphatic carbocycles. The van der Waals surface area contributed by atoms with E-state index in [-0.39, 0.29) is 23.5 Å². The first-order valence-electron chi connectivity index (χ1n) is 11.1. The molecule has 2 aliphatic rings. The van der Waals surface area contributed by atoms with Gasteiger partial charge in [-0.1, -0.05) is 30.3 Å². The number of carboxylic acid groups (broad SMARTS) is 1. The number of allylic oxidation sites excluding steroid dienone is 1. The summed E-state index contributed by atoms with van der Waals surface area (Å²) < 4.78 is 13.6. The highest BCUT2D eigenvalue weighted by molar-refractivity contribution is 6.15. The van der Waals surface area contributed by atoms with Crippen LogP contribution >= 0.6 is 0 Å². The Kier molecular flexibility index (Phi) is 4.60. The normalized spacial score (nSPS) is 17.7. The van der Waals surface area contributed by atoms with Gasteiger partial charge in [-0.15, -0.1) is 0 Å². The molecule has 1 aromatic heterocycles. The van der Waals surface area contributed by atoms with Crippen molar-refractivity contribution < 1.29 is 29.0 Å². The van der Waals surface area contributed by atoms with Crippen molar-refractivity contribution in [3.8, 4) is 11.5 Å². The Bertz CT molecular complexity index is 1590. The van der Waals surface area contributed by atoms with Gasteiger partial charge >= 0.3 is 11.9 Å². The molecule has 0 saturated carbocycles. The number of hydrogen-bond acceptors (Lipinski definition) is 5. The molecule has 0 amide bonds. The number of nitrogens with zero attached hydrogens (tertiary/aromatic N) is 1. The summed E-state index contributed by atoms with van der Waals surface area (Å²) in [6.45, 7) is 0. The van der Waals surface area contributed by atoms with Crippen molar-refractivity contribution in [3.05, 3.63) is 100 Å². The van der Waals surface area contributed by atoms with E-state index in [0.29, 0.717) is 22.6 Å². The number of carbonyl (C=O) groups excluding carboxylic acids is 2. The van der Waals surface area contributed by atoms with Crippen molar-refractivity contribution in [1.29, 1.82) is 0 Å². The van der Waals surface area contributed by atoms with Crippen molar-refractivity contribution in [2.75, 3.05) is 0 Å². The Hall–Kier alpha value is -4.65. The van der Waals surface area contributed by atoms with Crippen molar-refractivity contribution in [3.63, 3.8) is 0 Å². The number of aromatic carboxylic acids is 1.